The van der Waals surface area contributed by atoms with Gasteiger partial charge in [0.1, 0.15) is 0 Å². The zero-order valence-corrected chi connectivity index (χ0v) is 19.0. The lowest BCUT2D eigenvalue weighted by Crippen LogP contribution is -2.41. The number of hydrazine groups is 1. The minimum Gasteiger partial charge on any atom is -0.440 e. The Hall–Kier alpha value is -2.87. The maximum atomic E-state index is 13.7. The molecule has 0 bridgehead atoms. The second kappa shape index (κ2) is 9.73. The van der Waals surface area contributed by atoms with Gasteiger partial charge in [-0.2, -0.15) is 5.01 Å². The van der Waals surface area contributed by atoms with Gasteiger partial charge in [-0.05, 0) is 24.1 Å². The van der Waals surface area contributed by atoms with Gasteiger partial charge in [0.2, 0.25) is 6.23 Å². The van der Waals surface area contributed by atoms with Gasteiger partial charge in [-0.3, -0.25) is 14.5 Å². The van der Waals surface area contributed by atoms with E-state index in [-0.39, 0.29) is 5.91 Å². The molecule has 2 aliphatic heterocycles. The Bertz CT molecular complexity index is 1030. The van der Waals surface area contributed by atoms with E-state index in [1.807, 2.05) is 30.3 Å². The fourth-order valence-corrected chi connectivity index (χ4v) is 4.40. The van der Waals surface area contributed by atoms with Crippen LogP contribution in [0.2, 0.25) is 5.02 Å². The molecule has 7 nitrogen and oxygen atoms in total. The quantitative estimate of drug-likeness (QED) is 0.565. The van der Waals surface area contributed by atoms with Crippen LogP contribution in [0.1, 0.15) is 18.9 Å². The number of rotatable bonds is 4. The number of esters is 1. The van der Waals surface area contributed by atoms with Crippen molar-refractivity contribution in [2.45, 2.75) is 26.1 Å². The maximum Gasteiger partial charge on any atom is 0.304 e. The number of hydrogen-bond acceptors (Lipinski definition) is 6. The van der Waals surface area contributed by atoms with Crippen molar-refractivity contribution >= 4 is 29.2 Å². The molecule has 1 atom stereocenters. The second-order valence-corrected chi connectivity index (χ2v) is 8.38. The number of anilines is 1. The number of carbonyl (C=O) groups is 2. The molecule has 0 saturated carbocycles. The Balaban J connectivity index is 1.70. The second-order valence-electron chi connectivity index (χ2n) is 7.97. The summed E-state index contributed by atoms with van der Waals surface area (Å²) in [5.74, 6) is -0.709. The number of amides is 1. The molecule has 1 N–H and O–H groups in total. The normalized spacial score (nSPS) is 22.5. The first-order chi connectivity index (χ1) is 15.5. The molecule has 4 rings (SSSR count). The van der Waals surface area contributed by atoms with Crippen LogP contribution >= 0.6 is 11.6 Å². The Morgan fingerprint density at radius 1 is 1.16 bits per heavy atom. The lowest BCUT2D eigenvalue weighted by Gasteiger charge is -2.27. The van der Waals surface area contributed by atoms with Crippen LogP contribution < -0.4 is 10.3 Å². The molecular formula is C24H27ClN4O3. The fourth-order valence-electron chi connectivity index (χ4n) is 4.19. The minimum absolute atomic E-state index is 0.254. The summed E-state index contributed by atoms with van der Waals surface area (Å²) < 4.78 is 5.61. The summed E-state index contributed by atoms with van der Waals surface area (Å²) in [7, 11) is 1.72. The van der Waals surface area contributed by atoms with Crippen LogP contribution in [0.4, 0.5) is 5.69 Å². The van der Waals surface area contributed by atoms with E-state index in [0.717, 1.165) is 31.8 Å². The molecule has 8 heteroatoms. The standard InChI is InChI=1S/C24H27ClN4O3/c1-17(30)32-24-22(23(31)29(27(24)2)21-12-7-6-11-19(21)25)20-16-28(14-8-13-26-20)15-18-9-4-3-5-10-18/h3-7,9-12,24,26H,8,13-16H2,1-2H3. The zero-order valence-electron chi connectivity index (χ0n) is 18.3. The zero-order chi connectivity index (χ0) is 22.7. The summed E-state index contributed by atoms with van der Waals surface area (Å²) in [6, 6.07) is 17.4. The van der Waals surface area contributed by atoms with E-state index >= 15 is 0 Å². The maximum absolute atomic E-state index is 13.7. The molecule has 2 saturated heterocycles. The van der Waals surface area contributed by atoms with Gasteiger partial charge in [0.05, 0.1) is 16.3 Å². The smallest absolute Gasteiger partial charge is 0.304 e. The van der Waals surface area contributed by atoms with Crippen molar-refractivity contribution in [2.24, 2.45) is 0 Å². The van der Waals surface area contributed by atoms with E-state index in [0.29, 0.717) is 22.8 Å². The van der Waals surface area contributed by atoms with Gasteiger partial charge in [-0.1, -0.05) is 54.1 Å². The molecule has 0 aromatic heterocycles. The number of nitrogens with one attached hydrogen (secondary N) is 1. The van der Waals surface area contributed by atoms with Crippen molar-refractivity contribution in [3.05, 3.63) is 76.5 Å². The largest absolute Gasteiger partial charge is 0.440 e. The lowest BCUT2D eigenvalue weighted by atomic mass is 10.1. The Morgan fingerprint density at radius 2 is 1.88 bits per heavy atom. The number of para-hydroxylation sites is 1. The summed E-state index contributed by atoms with van der Waals surface area (Å²) >= 11 is 6.39. The molecule has 168 valence electrons. The van der Waals surface area contributed by atoms with E-state index in [1.165, 1.54) is 17.5 Å². The summed E-state index contributed by atoms with van der Waals surface area (Å²) in [5, 5.41) is 6.97. The predicted molar refractivity (Wildman–Crippen MR) is 124 cm³/mol. The topological polar surface area (TPSA) is 65.1 Å². The first-order valence-corrected chi connectivity index (χ1v) is 11.1. The van der Waals surface area contributed by atoms with Gasteiger partial charge in [-0.15, -0.1) is 0 Å². The van der Waals surface area contributed by atoms with Crippen molar-refractivity contribution in [3.63, 3.8) is 0 Å². The van der Waals surface area contributed by atoms with Crippen LogP contribution in [0, 0.1) is 0 Å². The van der Waals surface area contributed by atoms with Crippen LogP contribution in [0.5, 0.6) is 0 Å². The first-order valence-electron chi connectivity index (χ1n) is 10.7. The molecular weight excluding hydrogens is 428 g/mol. The van der Waals surface area contributed by atoms with Gasteiger partial charge in [-0.25, -0.2) is 5.01 Å². The van der Waals surface area contributed by atoms with Crippen molar-refractivity contribution < 1.29 is 14.3 Å². The molecule has 2 fully saturated rings. The average Bonchev–Trinajstić information content (AvgIpc) is 2.90. The lowest BCUT2D eigenvalue weighted by molar-refractivity contribution is -0.150. The van der Waals surface area contributed by atoms with E-state index in [9.17, 15) is 9.59 Å². The SMILES string of the molecule is CC(=O)OC1C(=C2CN(Cc3ccccc3)CCCN2)C(=O)N(c2ccccc2Cl)N1C. The first kappa shape index (κ1) is 22.3. The number of nitrogens with zero attached hydrogens (tertiary/aromatic N) is 3. The van der Waals surface area contributed by atoms with E-state index in [4.69, 9.17) is 16.3 Å². The van der Waals surface area contributed by atoms with Crippen LogP contribution in [0.25, 0.3) is 0 Å². The van der Waals surface area contributed by atoms with Gasteiger partial charge in [0, 0.05) is 45.8 Å². The van der Waals surface area contributed by atoms with Crippen molar-refractivity contribution in [1.82, 2.24) is 15.2 Å². The summed E-state index contributed by atoms with van der Waals surface area (Å²) in [5.41, 5.74) is 2.96. The number of hydrogen-bond donors (Lipinski definition) is 1. The van der Waals surface area contributed by atoms with E-state index < -0.39 is 12.2 Å². The summed E-state index contributed by atoms with van der Waals surface area (Å²) in [4.78, 5) is 27.9. The molecule has 1 unspecified atom stereocenters. The van der Waals surface area contributed by atoms with Gasteiger partial charge >= 0.3 is 5.97 Å². The molecule has 32 heavy (non-hydrogen) atoms. The number of likely N-dealkylation sites (N-methyl/N-ethyl adjacent to an activating group) is 1. The summed E-state index contributed by atoms with van der Waals surface area (Å²) in [6.07, 6.45) is 0.107. The van der Waals surface area contributed by atoms with Crippen molar-refractivity contribution in [2.75, 3.05) is 31.7 Å². The van der Waals surface area contributed by atoms with E-state index in [1.54, 1.807) is 24.2 Å². The highest BCUT2D eigenvalue weighted by atomic mass is 35.5. The van der Waals surface area contributed by atoms with Crippen molar-refractivity contribution in [3.8, 4) is 0 Å². The average molecular weight is 455 g/mol. The van der Waals surface area contributed by atoms with Gasteiger partial charge in [0.25, 0.3) is 5.91 Å². The van der Waals surface area contributed by atoms with Crippen LogP contribution in [0.15, 0.2) is 65.9 Å². The number of halogens is 1. The third kappa shape index (κ3) is 4.65. The van der Waals surface area contributed by atoms with Crippen molar-refractivity contribution in [1.29, 1.82) is 0 Å². The highest BCUT2D eigenvalue weighted by Crippen LogP contribution is 2.35. The molecule has 2 aromatic rings. The number of carbonyl (C=O) groups excluding carboxylic acids is 2. The molecule has 2 aromatic carbocycles. The molecule has 2 heterocycles. The fraction of sp³-hybridized carbons (Fsp3) is 0.333. The number of benzene rings is 2. The van der Waals surface area contributed by atoms with Crippen LogP contribution in [-0.2, 0) is 20.9 Å². The molecule has 0 aliphatic carbocycles. The Kier molecular flexibility index (Phi) is 6.79. The predicted octanol–water partition coefficient (Wildman–Crippen LogP) is 3.17. The molecule has 0 spiro atoms. The summed E-state index contributed by atoms with van der Waals surface area (Å²) in [6.45, 7) is 4.31. The van der Waals surface area contributed by atoms with E-state index in [2.05, 4.69) is 22.3 Å². The molecule has 1 amide bonds. The highest BCUT2D eigenvalue weighted by Gasteiger charge is 2.46. The van der Waals surface area contributed by atoms with Crippen LogP contribution in [-0.4, -0.2) is 54.7 Å². The Labute approximate surface area is 193 Å². The molecule has 0 radical (unpaired) electrons. The minimum atomic E-state index is -0.838. The monoisotopic (exact) mass is 454 g/mol. The third-order valence-electron chi connectivity index (χ3n) is 5.63. The highest BCUT2D eigenvalue weighted by molar-refractivity contribution is 6.34. The van der Waals surface area contributed by atoms with Gasteiger partial charge in [0.15, 0.2) is 0 Å². The van der Waals surface area contributed by atoms with Gasteiger partial charge < -0.3 is 10.1 Å². The Morgan fingerprint density at radius 3 is 2.59 bits per heavy atom. The molecule has 2 aliphatic rings. The number of ether oxygens (including phenoxy) is 1. The van der Waals surface area contributed by atoms with Crippen LogP contribution in [0.3, 0.4) is 0 Å². The third-order valence-corrected chi connectivity index (χ3v) is 5.95.